The van der Waals surface area contributed by atoms with Gasteiger partial charge in [0.2, 0.25) is 0 Å². The fourth-order valence-electron chi connectivity index (χ4n) is 1.13. The van der Waals surface area contributed by atoms with Gasteiger partial charge >= 0.3 is 0 Å². The van der Waals surface area contributed by atoms with Gasteiger partial charge in [-0.1, -0.05) is 41.5 Å². The van der Waals surface area contributed by atoms with Gasteiger partial charge in [-0.05, 0) is 46.1 Å². The minimum Gasteiger partial charge on any atom is -0.317 e. The Kier molecular flexibility index (Phi) is 32.0. The monoisotopic (exact) mass is 218 g/mol. The van der Waals surface area contributed by atoms with Crippen LogP contribution in [0.25, 0.3) is 0 Å². The molecule has 0 atom stereocenters. The molecular weight excluding hydrogens is 184 g/mol. The third-order valence-electron chi connectivity index (χ3n) is 1.83. The lowest BCUT2D eigenvalue weighted by Crippen LogP contribution is -2.10. The molecule has 15 heavy (non-hydrogen) atoms. The number of hydrogen-bond donors (Lipinski definition) is 1. The molecule has 0 aromatic rings. The van der Waals surface area contributed by atoms with Gasteiger partial charge in [0, 0.05) is 0 Å². The van der Waals surface area contributed by atoms with Crippen LogP contribution in [0.2, 0.25) is 0 Å². The molecule has 0 amide bonds. The summed E-state index contributed by atoms with van der Waals surface area (Å²) >= 11 is 0. The van der Waals surface area contributed by atoms with Gasteiger partial charge in [0.1, 0.15) is 0 Å². The first-order valence-electron chi connectivity index (χ1n) is 6.70. The lowest BCUT2D eigenvalue weighted by Gasteiger charge is -2.01. The normalized spacial score (nSPS) is 13.8. The van der Waals surface area contributed by atoms with Gasteiger partial charge in [0.05, 0.1) is 0 Å². The summed E-state index contributed by atoms with van der Waals surface area (Å²) in [4.78, 5) is 2.36. The van der Waals surface area contributed by atoms with Crippen LogP contribution < -0.4 is 5.32 Å². The van der Waals surface area contributed by atoms with Crippen molar-refractivity contribution >= 4 is 0 Å². The van der Waals surface area contributed by atoms with E-state index in [1.165, 1.54) is 25.9 Å². The van der Waals surface area contributed by atoms with Crippen LogP contribution in [0.3, 0.4) is 0 Å². The molecule has 0 aliphatic carbocycles. The fourth-order valence-corrected chi connectivity index (χ4v) is 1.13. The van der Waals surface area contributed by atoms with Crippen molar-refractivity contribution in [3.63, 3.8) is 0 Å². The van der Waals surface area contributed by atoms with Crippen molar-refractivity contribution in [2.45, 2.75) is 54.4 Å². The summed E-state index contributed by atoms with van der Waals surface area (Å²) in [7, 11) is 2.17. The molecule has 1 aliphatic rings. The second-order valence-electron chi connectivity index (χ2n) is 2.97. The Labute approximate surface area is 98.4 Å². The van der Waals surface area contributed by atoms with Crippen LogP contribution in [0.4, 0.5) is 0 Å². The topological polar surface area (TPSA) is 15.3 Å². The highest BCUT2D eigenvalue weighted by molar-refractivity contribution is 4.59. The van der Waals surface area contributed by atoms with Crippen LogP contribution in [0, 0.1) is 0 Å². The van der Waals surface area contributed by atoms with Gasteiger partial charge in [-0.15, -0.1) is 0 Å². The Bertz CT molecular complexity index is 66.9. The first kappa shape index (κ1) is 20.3. The Balaban J connectivity index is -0.000000146. The highest BCUT2D eigenvalue weighted by Gasteiger charge is 2.03. The minimum absolute atomic E-state index is 1.09. The number of nitrogens with zero attached hydrogens (tertiary/aromatic N) is 1. The number of likely N-dealkylation sites (tertiary alicyclic amines) is 1. The minimum atomic E-state index is 1.09. The second-order valence-corrected chi connectivity index (χ2v) is 2.97. The van der Waals surface area contributed by atoms with Crippen molar-refractivity contribution in [3.8, 4) is 0 Å². The standard InChI is InChI=1S/C5H11N.C4H11N.2C2H6/c1-6-4-2-3-5-6;1-3-5-4-2;2*1-2/h2-5H2,1H3;5H,3-4H2,1-2H3;2*1-2H3. The largest absolute Gasteiger partial charge is 0.317 e. The fraction of sp³-hybridized carbons (Fsp3) is 1.00. The molecule has 1 N–H and O–H groups in total. The van der Waals surface area contributed by atoms with Crippen molar-refractivity contribution in [1.29, 1.82) is 0 Å². The zero-order valence-corrected chi connectivity index (χ0v) is 12.2. The molecule has 0 saturated carbocycles. The van der Waals surface area contributed by atoms with Gasteiger partial charge in [-0.2, -0.15) is 0 Å². The van der Waals surface area contributed by atoms with Crippen LogP contribution >= 0.6 is 0 Å². The average molecular weight is 218 g/mol. The van der Waals surface area contributed by atoms with Crippen LogP contribution in [0.15, 0.2) is 0 Å². The molecule has 1 aliphatic heterocycles. The summed E-state index contributed by atoms with van der Waals surface area (Å²) in [6.45, 7) is 17.0. The summed E-state index contributed by atoms with van der Waals surface area (Å²) in [5.41, 5.74) is 0. The summed E-state index contributed by atoms with van der Waals surface area (Å²) in [6.07, 6.45) is 2.83. The number of hydrogen-bond acceptors (Lipinski definition) is 2. The first-order chi connectivity index (χ1) is 7.31. The molecular formula is C13H34N2. The van der Waals surface area contributed by atoms with E-state index in [1.54, 1.807) is 0 Å². The van der Waals surface area contributed by atoms with E-state index in [-0.39, 0.29) is 0 Å². The van der Waals surface area contributed by atoms with E-state index in [1.807, 2.05) is 27.7 Å². The lowest BCUT2D eigenvalue weighted by molar-refractivity contribution is 0.418. The third-order valence-corrected chi connectivity index (χ3v) is 1.83. The van der Waals surface area contributed by atoms with Crippen LogP contribution in [0.1, 0.15) is 54.4 Å². The summed E-state index contributed by atoms with van der Waals surface area (Å²) in [5, 5.41) is 3.11. The molecule has 2 heteroatoms. The molecule has 1 fully saturated rings. The molecule has 2 nitrogen and oxygen atoms in total. The van der Waals surface area contributed by atoms with Crippen molar-refractivity contribution in [2.24, 2.45) is 0 Å². The van der Waals surface area contributed by atoms with Crippen LogP contribution in [-0.2, 0) is 0 Å². The van der Waals surface area contributed by atoms with Crippen molar-refractivity contribution in [1.82, 2.24) is 10.2 Å². The molecule has 1 rings (SSSR count). The maximum Gasteiger partial charge on any atom is -0.00213 e. The van der Waals surface area contributed by atoms with E-state index in [0.717, 1.165) is 13.1 Å². The third kappa shape index (κ3) is 24.9. The quantitative estimate of drug-likeness (QED) is 0.764. The van der Waals surface area contributed by atoms with Crippen molar-refractivity contribution < 1.29 is 0 Å². The van der Waals surface area contributed by atoms with Gasteiger partial charge in [0.25, 0.3) is 0 Å². The smallest absolute Gasteiger partial charge is 0.00213 e. The Morgan fingerprint density at radius 3 is 1.27 bits per heavy atom. The van der Waals surface area contributed by atoms with Gasteiger partial charge in [-0.3, -0.25) is 0 Å². The second kappa shape index (κ2) is 23.6. The lowest BCUT2D eigenvalue weighted by atomic mass is 10.4. The average Bonchev–Trinajstić information content (AvgIpc) is 2.77. The molecule has 1 saturated heterocycles. The summed E-state index contributed by atoms with van der Waals surface area (Å²) < 4.78 is 0. The van der Waals surface area contributed by atoms with E-state index in [0.29, 0.717) is 0 Å². The Hall–Kier alpha value is -0.0800. The molecule has 0 bridgehead atoms. The molecule has 0 aromatic heterocycles. The zero-order chi connectivity index (χ0) is 12.5. The van der Waals surface area contributed by atoms with Gasteiger partial charge in [-0.25, -0.2) is 0 Å². The summed E-state index contributed by atoms with van der Waals surface area (Å²) in [5.74, 6) is 0. The maximum atomic E-state index is 3.11. The highest BCUT2D eigenvalue weighted by Crippen LogP contribution is 2.01. The van der Waals surface area contributed by atoms with Crippen molar-refractivity contribution in [2.75, 3.05) is 33.2 Å². The van der Waals surface area contributed by atoms with Gasteiger partial charge < -0.3 is 10.2 Å². The van der Waals surface area contributed by atoms with E-state index >= 15 is 0 Å². The van der Waals surface area contributed by atoms with Crippen LogP contribution in [-0.4, -0.2) is 38.1 Å². The molecule has 0 radical (unpaired) electrons. The predicted molar refractivity (Wildman–Crippen MR) is 73.6 cm³/mol. The SMILES string of the molecule is CC.CC.CCNCC.CN1CCCC1. The van der Waals surface area contributed by atoms with E-state index in [9.17, 15) is 0 Å². The number of nitrogens with one attached hydrogen (secondary N) is 1. The molecule has 96 valence electrons. The first-order valence-corrected chi connectivity index (χ1v) is 6.70. The van der Waals surface area contributed by atoms with Crippen LogP contribution in [0.5, 0.6) is 0 Å². The Morgan fingerprint density at radius 2 is 1.20 bits per heavy atom. The molecule has 0 unspecified atom stereocenters. The predicted octanol–water partition coefficient (Wildman–Crippen LogP) is 3.38. The molecule has 0 aromatic carbocycles. The molecule has 0 spiro atoms. The van der Waals surface area contributed by atoms with E-state index in [4.69, 9.17) is 0 Å². The van der Waals surface area contributed by atoms with E-state index in [2.05, 4.69) is 31.1 Å². The zero-order valence-electron chi connectivity index (χ0n) is 12.2. The highest BCUT2D eigenvalue weighted by atomic mass is 15.1. The Morgan fingerprint density at radius 1 is 0.867 bits per heavy atom. The van der Waals surface area contributed by atoms with E-state index < -0.39 is 0 Å². The summed E-state index contributed by atoms with van der Waals surface area (Å²) in [6, 6.07) is 0. The number of rotatable bonds is 2. The maximum absolute atomic E-state index is 3.11. The molecule has 1 heterocycles. The van der Waals surface area contributed by atoms with Gasteiger partial charge in [0.15, 0.2) is 0 Å². The van der Waals surface area contributed by atoms with Crippen molar-refractivity contribution in [3.05, 3.63) is 0 Å².